The van der Waals surface area contributed by atoms with Crippen molar-refractivity contribution < 1.29 is 9.59 Å². The number of nitrogens with one attached hydrogen (secondary N) is 1. The molecular formula is C30H43N7O2. The number of hydrogen-bond acceptors (Lipinski definition) is 7. The molecule has 9 heteroatoms. The number of pyridine rings is 1. The van der Waals surface area contributed by atoms with Gasteiger partial charge in [-0.1, -0.05) is 47.0 Å². The Morgan fingerprint density at radius 2 is 1.67 bits per heavy atom. The lowest BCUT2D eigenvalue weighted by atomic mass is 9.98. The van der Waals surface area contributed by atoms with Crippen LogP contribution >= 0.6 is 0 Å². The van der Waals surface area contributed by atoms with E-state index in [1.807, 2.05) is 50.8 Å². The molecule has 1 N–H and O–H groups in total. The van der Waals surface area contributed by atoms with Crippen LogP contribution in [-0.4, -0.2) is 61.8 Å². The number of piperazine rings is 1. The molecule has 3 aliphatic rings. The number of Topliss-reactive ketones (excluding diaryl/α,β-unsaturated/α-hetero) is 1. The third-order valence-electron chi connectivity index (χ3n) is 7.70. The Labute approximate surface area is 232 Å². The van der Waals surface area contributed by atoms with Crippen LogP contribution in [0.15, 0.2) is 30.6 Å². The number of anilines is 3. The van der Waals surface area contributed by atoms with Gasteiger partial charge < -0.3 is 14.8 Å². The third-order valence-corrected chi connectivity index (χ3v) is 7.70. The Bertz CT molecular complexity index is 1260. The predicted molar refractivity (Wildman–Crippen MR) is 157 cm³/mol. The van der Waals surface area contributed by atoms with Gasteiger partial charge in [0, 0.05) is 37.6 Å². The number of carbonyl (C=O) groups is 2. The van der Waals surface area contributed by atoms with Crippen molar-refractivity contribution in [3.8, 4) is 0 Å². The van der Waals surface area contributed by atoms with Crippen molar-refractivity contribution in [3.63, 3.8) is 0 Å². The number of hydrogen-bond donors (Lipinski definition) is 1. The molecule has 0 spiro atoms. The number of rotatable bonds is 5. The minimum Gasteiger partial charge on any atom is -0.320 e. The fourth-order valence-electron chi connectivity index (χ4n) is 5.92. The van der Waals surface area contributed by atoms with E-state index in [2.05, 4.69) is 24.8 Å². The first-order chi connectivity index (χ1) is 19.1. The molecule has 0 aromatic carbocycles. The van der Waals surface area contributed by atoms with Gasteiger partial charge in [-0.15, -0.1) is 0 Å². The van der Waals surface area contributed by atoms with Crippen LogP contribution in [0.5, 0.6) is 0 Å². The number of carbonyl (C=O) groups excluding carboxylic acids is 2. The second-order valence-corrected chi connectivity index (χ2v) is 9.93. The number of nitrogens with zero attached hydrogens (tertiary/aromatic N) is 6. The van der Waals surface area contributed by atoms with Gasteiger partial charge in [0.1, 0.15) is 11.5 Å². The predicted octanol–water partition coefficient (Wildman–Crippen LogP) is 6.14. The smallest absolute Gasteiger partial charge is 0.244 e. The summed E-state index contributed by atoms with van der Waals surface area (Å²) in [5.74, 6) is 1.28. The van der Waals surface area contributed by atoms with E-state index >= 15 is 0 Å². The highest BCUT2D eigenvalue weighted by Gasteiger charge is 2.36. The van der Waals surface area contributed by atoms with E-state index in [9.17, 15) is 9.59 Å². The van der Waals surface area contributed by atoms with Gasteiger partial charge in [-0.25, -0.2) is 9.97 Å². The molecule has 3 aromatic heterocycles. The standard InChI is InChI=1S/C26H31N7O2.2C2H6/c1-17(34)22-14-18-15-28-26(30-24(18)33(22)19-6-2-3-7-19)29-23-10-9-20(16-27-23)32-13-12-31-11-5-4-8-21(31)25(32)35;2*1-2/h9-10,14-16,19,21H,2-8,11-13H2,1H3,(H,27,28,29,30);2*1-2H3. The lowest BCUT2D eigenvalue weighted by molar-refractivity contribution is -0.127. The first-order valence-electron chi connectivity index (χ1n) is 14.8. The highest BCUT2D eigenvalue weighted by molar-refractivity contribution is 5.98. The van der Waals surface area contributed by atoms with Crippen LogP contribution in [0.25, 0.3) is 11.0 Å². The quantitative estimate of drug-likeness (QED) is 0.393. The Kier molecular flexibility index (Phi) is 9.67. The molecular weight excluding hydrogens is 490 g/mol. The summed E-state index contributed by atoms with van der Waals surface area (Å²) in [5, 5.41) is 4.07. The van der Waals surface area contributed by atoms with Gasteiger partial charge in [-0.05, 0) is 50.4 Å². The molecule has 2 aliphatic heterocycles. The monoisotopic (exact) mass is 533 g/mol. The maximum absolute atomic E-state index is 13.0. The van der Waals surface area contributed by atoms with E-state index in [1.165, 1.54) is 19.3 Å². The van der Waals surface area contributed by atoms with Gasteiger partial charge in [0.25, 0.3) is 0 Å². The Morgan fingerprint density at radius 1 is 0.923 bits per heavy atom. The SMILES string of the molecule is CC.CC.CC(=O)c1cc2cnc(Nc3ccc(N4CCN5CCCCC5C4=O)cn3)nc2n1C1CCCC1. The van der Waals surface area contributed by atoms with Crippen LogP contribution in [0.4, 0.5) is 17.5 Å². The van der Waals surface area contributed by atoms with Crippen LogP contribution in [0, 0.1) is 0 Å². The van der Waals surface area contributed by atoms with Gasteiger partial charge in [0.15, 0.2) is 5.78 Å². The van der Waals surface area contributed by atoms with Crippen molar-refractivity contribution in [1.82, 2.24) is 24.4 Å². The Hall–Kier alpha value is -3.33. The van der Waals surface area contributed by atoms with E-state index < -0.39 is 0 Å². The summed E-state index contributed by atoms with van der Waals surface area (Å²) in [5.41, 5.74) is 2.30. The van der Waals surface area contributed by atoms with Gasteiger partial charge in [0.05, 0.1) is 23.6 Å². The van der Waals surface area contributed by atoms with E-state index in [0.717, 1.165) is 55.5 Å². The maximum atomic E-state index is 13.0. The van der Waals surface area contributed by atoms with Crippen molar-refractivity contribution in [3.05, 3.63) is 36.3 Å². The van der Waals surface area contributed by atoms with Crippen molar-refractivity contribution >= 4 is 40.2 Å². The van der Waals surface area contributed by atoms with E-state index in [1.54, 1.807) is 19.3 Å². The van der Waals surface area contributed by atoms with Crippen molar-refractivity contribution in [2.24, 2.45) is 0 Å². The number of ketones is 1. The summed E-state index contributed by atoms with van der Waals surface area (Å²) in [4.78, 5) is 43.3. The molecule has 210 valence electrons. The van der Waals surface area contributed by atoms with Crippen LogP contribution in [-0.2, 0) is 4.79 Å². The highest BCUT2D eigenvalue weighted by atomic mass is 16.2. The molecule has 1 unspecified atom stereocenters. The van der Waals surface area contributed by atoms with E-state index in [0.29, 0.717) is 30.0 Å². The normalized spacial score (nSPS) is 19.6. The number of amides is 1. The summed E-state index contributed by atoms with van der Waals surface area (Å²) < 4.78 is 2.10. The zero-order valence-electron chi connectivity index (χ0n) is 24.1. The maximum Gasteiger partial charge on any atom is 0.244 e. The summed E-state index contributed by atoms with van der Waals surface area (Å²) in [7, 11) is 0. The van der Waals surface area contributed by atoms with Crippen LogP contribution in [0.2, 0.25) is 0 Å². The number of piperidine rings is 1. The molecule has 2 saturated heterocycles. The third kappa shape index (κ3) is 5.98. The summed E-state index contributed by atoms with van der Waals surface area (Å²) in [6.07, 6.45) is 11.2. The molecule has 1 saturated carbocycles. The van der Waals surface area contributed by atoms with Gasteiger partial charge in [0.2, 0.25) is 11.9 Å². The molecule has 0 bridgehead atoms. The molecule has 1 atom stereocenters. The van der Waals surface area contributed by atoms with E-state index in [4.69, 9.17) is 4.98 Å². The zero-order valence-corrected chi connectivity index (χ0v) is 24.1. The van der Waals surface area contributed by atoms with E-state index in [-0.39, 0.29) is 17.7 Å². The molecule has 6 rings (SSSR count). The summed E-state index contributed by atoms with van der Waals surface area (Å²) in [6, 6.07) is 6.00. The second-order valence-electron chi connectivity index (χ2n) is 9.93. The van der Waals surface area contributed by atoms with Crippen molar-refractivity contribution in [2.45, 2.75) is 91.6 Å². The molecule has 3 aromatic rings. The van der Waals surface area contributed by atoms with Crippen molar-refractivity contribution in [2.75, 3.05) is 29.9 Å². The first-order valence-corrected chi connectivity index (χ1v) is 14.8. The fraction of sp³-hybridized carbons (Fsp3) is 0.567. The Morgan fingerprint density at radius 3 is 2.36 bits per heavy atom. The highest BCUT2D eigenvalue weighted by Crippen LogP contribution is 2.35. The summed E-state index contributed by atoms with van der Waals surface area (Å²) >= 11 is 0. The van der Waals surface area contributed by atoms with Gasteiger partial charge in [-0.3, -0.25) is 14.5 Å². The molecule has 39 heavy (non-hydrogen) atoms. The average molecular weight is 534 g/mol. The molecule has 9 nitrogen and oxygen atoms in total. The minimum atomic E-state index is 0.00596. The van der Waals surface area contributed by atoms with Gasteiger partial charge >= 0.3 is 0 Å². The topological polar surface area (TPSA) is 96.2 Å². The van der Waals surface area contributed by atoms with Crippen LogP contribution in [0.3, 0.4) is 0 Å². The van der Waals surface area contributed by atoms with Crippen molar-refractivity contribution in [1.29, 1.82) is 0 Å². The largest absolute Gasteiger partial charge is 0.320 e. The average Bonchev–Trinajstić information content (AvgIpc) is 3.64. The first kappa shape index (κ1) is 28.7. The number of aromatic nitrogens is 4. The Balaban J connectivity index is 0.000000845. The number of fused-ring (bicyclic) bond motifs is 2. The fourth-order valence-corrected chi connectivity index (χ4v) is 5.92. The molecule has 1 amide bonds. The minimum absolute atomic E-state index is 0.00596. The lowest BCUT2D eigenvalue weighted by Crippen LogP contribution is -2.58. The lowest BCUT2D eigenvalue weighted by Gasteiger charge is -2.42. The zero-order chi connectivity index (χ0) is 27.9. The van der Waals surface area contributed by atoms with Crippen LogP contribution in [0.1, 0.15) is 96.1 Å². The molecule has 1 aliphatic carbocycles. The van der Waals surface area contributed by atoms with Gasteiger partial charge in [-0.2, -0.15) is 4.98 Å². The van der Waals surface area contributed by atoms with Crippen LogP contribution < -0.4 is 10.2 Å². The molecule has 5 heterocycles. The second kappa shape index (κ2) is 13.2. The summed E-state index contributed by atoms with van der Waals surface area (Å²) in [6.45, 7) is 12.2. The molecule has 3 fully saturated rings. The molecule has 0 radical (unpaired) electrons.